The van der Waals surface area contributed by atoms with Crippen LogP contribution in [0.2, 0.25) is 0 Å². The number of hydrogen-bond donors (Lipinski definition) is 2. The highest BCUT2D eigenvalue weighted by atomic mass is 16.5. The van der Waals surface area contributed by atoms with E-state index in [1.165, 1.54) is 0 Å². The van der Waals surface area contributed by atoms with Gasteiger partial charge in [-0.15, -0.1) is 0 Å². The molecular formula is C8H10N2O2. The first-order valence-electron chi connectivity index (χ1n) is 3.89. The number of hydrogen-bond acceptors (Lipinski definition) is 3. The molecule has 0 aromatic heterocycles. The van der Waals surface area contributed by atoms with Gasteiger partial charge in [-0.3, -0.25) is 4.79 Å². The first-order valence-corrected chi connectivity index (χ1v) is 3.89. The fourth-order valence-electron chi connectivity index (χ4n) is 1.34. The zero-order valence-electron chi connectivity index (χ0n) is 6.54. The van der Waals surface area contributed by atoms with E-state index >= 15 is 0 Å². The van der Waals surface area contributed by atoms with E-state index in [-0.39, 0.29) is 0 Å². The lowest BCUT2D eigenvalue weighted by Crippen LogP contribution is -2.38. The van der Waals surface area contributed by atoms with Crippen molar-refractivity contribution in [1.29, 1.82) is 0 Å². The molecule has 0 spiro atoms. The second kappa shape index (κ2) is 2.55. The summed E-state index contributed by atoms with van der Waals surface area (Å²) in [7, 11) is 0. The van der Waals surface area contributed by atoms with Gasteiger partial charge >= 0.3 is 0 Å². The van der Waals surface area contributed by atoms with Crippen LogP contribution in [0, 0.1) is 0 Å². The van der Waals surface area contributed by atoms with Crippen molar-refractivity contribution in [2.45, 2.75) is 19.1 Å². The van der Waals surface area contributed by atoms with E-state index in [0.717, 1.165) is 24.3 Å². The molecule has 0 fully saturated rings. The van der Waals surface area contributed by atoms with Gasteiger partial charge in [0.15, 0.2) is 0 Å². The van der Waals surface area contributed by atoms with Crippen LogP contribution in [0.15, 0.2) is 23.6 Å². The molecule has 2 rings (SSSR count). The van der Waals surface area contributed by atoms with Gasteiger partial charge in [-0.1, -0.05) is 6.08 Å². The molecule has 0 aromatic rings. The lowest BCUT2D eigenvalue weighted by molar-refractivity contribution is -0.126. The predicted molar refractivity (Wildman–Crippen MR) is 42.6 cm³/mol. The zero-order chi connectivity index (χ0) is 8.55. The van der Waals surface area contributed by atoms with Gasteiger partial charge in [-0.05, 0) is 18.9 Å². The standard InChI is InChI=1S/C8H10N2O2/c9-7(11)8-10-5-3-1-2-4-6(5)12-8/h2,4,8,10H,1,3H2,(H2,9,11). The quantitative estimate of drug-likeness (QED) is 0.575. The summed E-state index contributed by atoms with van der Waals surface area (Å²) in [5.41, 5.74) is 6.06. The van der Waals surface area contributed by atoms with Crippen molar-refractivity contribution in [1.82, 2.24) is 5.32 Å². The van der Waals surface area contributed by atoms with Crippen molar-refractivity contribution in [2.24, 2.45) is 5.73 Å². The first-order chi connectivity index (χ1) is 5.77. The minimum Gasteiger partial charge on any atom is -0.459 e. The van der Waals surface area contributed by atoms with Gasteiger partial charge in [0.2, 0.25) is 6.23 Å². The zero-order valence-corrected chi connectivity index (χ0v) is 6.54. The highest BCUT2D eigenvalue weighted by molar-refractivity contribution is 5.79. The molecule has 1 aliphatic carbocycles. The summed E-state index contributed by atoms with van der Waals surface area (Å²) in [5.74, 6) is 0.280. The van der Waals surface area contributed by atoms with Crippen LogP contribution in [0.25, 0.3) is 0 Å². The summed E-state index contributed by atoms with van der Waals surface area (Å²) in [4.78, 5) is 10.7. The van der Waals surface area contributed by atoms with Crippen molar-refractivity contribution in [3.05, 3.63) is 23.6 Å². The molecule has 1 aliphatic heterocycles. The Morgan fingerprint density at radius 2 is 2.58 bits per heavy atom. The lowest BCUT2D eigenvalue weighted by atomic mass is 10.1. The fraction of sp³-hybridized carbons (Fsp3) is 0.375. The van der Waals surface area contributed by atoms with Crippen molar-refractivity contribution >= 4 is 5.91 Å². The Hall–Kier alpha value is -1.45. The Bertz CT molecular complexity index is 281. The lowest BCUT2D eigenvalue weighted by Gasteiger charge is -2.06. The second-order valence-electron chi connectivity index (χ2n) is 2.83. The molecule has 2 aliphatic rings. The Morgan fingerprint density at radius 3 is 3.25 bits per heavy atom. The van der Waals surface area contributed by atoms with E-state index in [2.05, 4.69) is 5.32 Å². The number of ether oxygens (including phenoxy) is 1. The summed E-state index contributed by atoms with van der Waals surface area (Å²) < 4.78 is 5.23. The normalized spacial score (nSPS) is 26.2. The average molecular weight is 166 g/mol. The van der Waals surface area contributed by atoms with Crippen LogP contribution in [-0.4, -0.2) is 12.1 Å². The summed E-state index contributed by atoms with van der Waals surface area (Å²) in [6.45, 7) is 0. The molecule has 4 heteroatoms. The molecule has 12 heavy (non-hydrogen) atoms. The molecule has 1 unspecified atom stereocenters. The van der Waals surface area contributed by atoms with Gasteiger partial charge in [-0.25, -0.2) is 0 Å². The van der Waals surface area contributed by atoms with Gasteiger partial charge in [0.05, 0.1) is 5.70 Å². The minimum atomic E-state index is -0.669. The number of rotatable bonds is 1. The maximum Gasteiger partial charge on any atom is 0.279 e. The van der Waals surface area contributed by atoms with E-state index in [4.69, 9.17) is 10.5 Å². The summed E-state index contributed by atoms with van der Waals surface area (Å²) >= 11 is 0. The Labute approximate surface area is 70.1 Å². The highest BCUT2D eigenvalue weighted by Gasteiger charge is 2.27. The van der Waals surface area contributed by atoms with Crippen molar-refractivity contribution in [2.75, 3.05) is 0 Å². The van der Waals surface area contributed by atoms with Crippen molar-refractivity contribution < 1.29 is 9.53 Å². The van der Waals surface area contributed by atoms with Gasteiger partial charge in [-0.2, -0.15) is 0 Å². The molecule has 64 valence electrons. The van der Waals surface area contributed by atoms with Crippen LogP contribution >= 0.6 is 0 Å². The topological polar surface area (TPSA) is 64.4 Å². The smallest absolute Gasteiger partial charge is 0.279 e. The molecular weight excluding hydrogens is 156 g/mol. The molecule has 0 saturated heterocycles. The summed E-state index contributed by atoms with van der Waals surface area (Å²) in [6, 6.07) is 0. The Morgan fingerprint density at radius 1 is 1.75 bits per heavy atom. The highest BCUT2D eigenvalue weighted by Crippen LogP contribution is 2.24. The largest absolute Gasteiger partial charge is 0.459 e. The van der Waals surface area contributed by atoms with E-state index in [9.17, 15) is 4.79 Å². The number of nitrogens with two attached hydrogens (primary N) is 1. The van der Waals surface area contributed by atoms with Crippen molar-refractivity contribution in [3.63, 3.8) is 0 Å². The molecule has 1 amide bonds. The number of amides is 1. The number of nitrogens with one attached hydrogen (secondary N) is 1. The van der Waals surface area contributed by atoms with Crippen LogP contribution in [0.5, 0.6) is 0 Å². The third-order valence-electron chi connectivity index (χ3n) is 1.94. The number of carbonyl (C=O) groups excluding carboxylic acids is 1. The fourth-order valence-corrected chi connectivity index (χ4v) is 1.34. The molecule has 3 N–H and O–H groups in total. The number of allylic oxidation sites excluding steroid dienone is 3. The van der Waals surface area contributed by atoms with E-state index in [1.54, 1.807) is 0 Å². The van der Waals surface area contributed by atoms with E-state index < -0.39 is 12.1 Å². The SMILES string of the molecule is NC(=O)C1NC2=C(C=CCC2)O1. The van der Waals surface area contributed by atoms with Crippen LogP contribution in [0.4, 0.5) is 0 Å². The Balaban J connectivity index is 2.12. The maximum absolute atomic E-state index is 10.7. The van der Waals surface area contributed by atoms with Crippen molar-refractivity contribution in [3.8, 4) is 0 Å². The molecule has 0 saturated carbocycles. The predicted octanol–water partition coefficient (Wildman–Crippen LogP) is -0.0208. The number of primary amides is 1. The van der Waals surface area contributed by atoms with Crippen LogP contribution in [0.1, 0.15) is 12.8 Å². The van der Waals surface area contributed by atoms with Crippen LogP contribution in [-0.2, 0) is 9.53 Å². The molecule has 0 bridgehead atoms. The van der Waals surface area contributed by atoms with Gasteiger partial charge < -0.3 is 15.8 Å². The van der Waals surface area contributed by atoms with Crippen LogP contribution < -0.4 is 11.1 Å². The molecule has 0 radical (unpaired) electrons. The number of carbonyl (C=O) groups is 1. The Kier molecular flexibility index (Phi) is 1.53. The maximum atomic E-state index is 10.7. The van der Waals surface area contributed by atoms with Gasteiger partial charge in [0.1, 0.15) is 5.76 Å². The molecule has 4 nitrogen and oxygen atoms in total. The average Bonchev–Trinajstić information content (AvgIpc) is 2.46. The first kappa shape index (κ1) is 7.21. The van der Waals surface area contributed by atoms with E-state index in [0.29, 0.717) is 0 Å². The van der Waals surface area contributed by atoms with Crippen LogP contribution in [0.3, 0.4) is 0 Å². The molecule has 1 heterocycles. The molecule has 1 atom stereocenters. The molecule has 0 aromatic carbocycles. The summed E-state index contributed by atoms with van der Waals surface area (Å²) in [5, 5.41) is 2.92. The second-order valence-corrected chi connectivity index (χ2v) is 2.83. The minimum absolute atomic E-state index is 0.474. The van der Waals surface area contributed by atoms with E-state index in [1.807, 2.05) is 12.2 Å². The van der Waals surface area contributed by atoms with Gasteiger partial charge in [0, 0.05) is 0 Å². The monoisotopic (exact) mass is 166 g/mol. The third-order valence-corrected chi connectivity index (χ3v) is 1.94. The summed E-state index contributed by atoms with van der Waals surface area (Å²) in [6.07, 6.45) is 5.10. The van der Waals surface area contributed by atoms with Gasteiger partial charge in [0.25, 0.3) is 5.91 Å². The third kappa shape index (κ3) is 1.05.